The van der Waals surface area contributed by atoms with Gasteiger partial charge < -0.3 is 100.0 Å². The van der Waals surface area contributed by atoms with Crippen molar-refractivity contribution in [2.45, 2.75) is 216 Å². The molecular formula is C90H122N28O16S. The van der Waals surface area contributed by atoms with E-state index in [1.54, 1.807) is 80.7 Å². The number of aromatic nitrogens is 11. The van der Waals surface area contributed by atoms with E-state index in [4.69, 9.17) is 27.3 Å². The maximum atomic E-state index is 16.1. The summed E-state index contributed by atoms with van der Waals surface area (Å²) in [7, 11) is 2.73. The topological polar surface area (TPSA) is 641 Å². The van der Waals surface area contributed by atoms with Gasteiger partial charge in [-0.05, 0) is 126 Å². The van der Waals surface area contributed by atoms with Crippen LogP contribution in [0.4, 0.5) is 0 Å². The number of aliphatic hydroxyl groups excluding tert-OH is 1. The number of rotatable bonds is 23. The van der Waals surface area contributed by atoms with Crippen molar-refractivity contribution < 1.29 is 77.0 Å². The van der Waals surface area contributed by atoms with Gasteiger partial charge in [0.2, 0.25) is 76.8 Å². The first-order chi connectivity index (χ1) is 64.7. The Balaban J connectivity index is 1.00. The lowest BCUT2D eigenvalue weighted by molar-refractivity contribution is -0.143. The SMILES string of the molecule is CCCC[C@H]1C(=O)N[C@@H](CCCNC(=N)N)C(=O)N[C@H]2CSCC(=O)N[C@@H](Cc3ccccc3)c3nnnn3[C@@H](C)C(=O)N[C@@H](CC(N)=O)C(=O)C3CCC[C@H]3C(=O)N[C@@H](Cc3cnc[nH]3)C(=O)N[C@@H](CC(C)C)C(=O)N(C)CC(=O)N[C@@H](Cc3c[nH]c4ccccc34)C(=O)N[C@@H](CO)C(=O)N[C@@H](Cc3cccc4ccccc34)c3nnnn3[C@@H](CCCOC2(C)NCC(N)=O)C(=O)N1C. The number of hydrogen-bond donors (Lipinski definition) is 18. The molecule has 724 valence electrons. The maximum Gasteiger partial charge on any atom is 0.248 e. The minimum Gasteiger partial charge on any atom is -0.394 e. The molecule has 6 heterocycles. The van der Waals surface area contributed by atoms with Crippen molar-refractivity contribution in [3.63, 3.8) is 0 Å². The molecule has 3 aliphatic rings. The Morgan fingerprint density at radius 2 is 1.24 bits per heavy atom. The summed E-state index contributed by atoms with van der Waals surface area (Å²) in [6.07, 6.45) is 4.44. The number of hydrogen-bond acceptors (Lipinski definition) is 26. The van der Waals surface area contributed by atoms with Gasteiger partial charge in [-0.25, -0.2) is 14.3 Å². The molecule has 1 saturated heterocycles. The predicted molar refractivity (Wildman–Crippen MR) is 494 cm³/mol. The quantitative estimate of drug-likeness (QED) is 0.0218. The Hall–Kier alpha value is -13.7. The summed E-state index contributed by atoms with van der Waals surface area (Å²) >= 11 is 1.00. The predicted octanol–water partition coefficient (Wildman–Crippen LogP) is -0.515. The highest BCUT2D eigenvalue weighted by atomic mass is 32.2. The molecule has 13 amide bonds. The number of unbranched alkanes of at least 4 members (excludes halogenated alkanes) is 1. The van der Waals surface area contributed by atoms with Crippen molar-refractivity contribution in [2.75, 3.05) is 58.4 Å². The van der Waals surface area contributed by atoms with E-state index in [9.17, 15) is 43.5 Å². The summed E-state index contributed by atoms with van der Waals surface area (Å²) in [6.45, 7) is 5.87. The molecule has 1 aliphatic carbocycles. The molecule has 0 radical (unpaired) electrons. The van der Waals surface area contributed by atoms with Crippen LogP contribution < -0.4 is 75.7 Å². The monoisotopic (exact) mass is 1880 g/mol. The molecule has 15 atom stereocenters. The molecule has 2 fully saturated rings. The van der Waals surface area contributed by atoms with E-state index in [1.807, 2.05) is 43.3 Å². The summed E-state index contributed by atoms with van der Waals surface area (Å²) < 4.78 is 9.16. The molecule has 1 saturated carbocycles. The van der Waals surface area contributed by atoms with Gasteiger partial charge in [-0.15, -0.1) is 22.0 Å². The first kappa shape index (κ1) is 102. The van der Waals surface area contributed by atoms with Crippen molar-refractivity contribution in [3.05, 3.63) is 150 Å². The fraction of sp³-hybridized carbons (Fsp3) is 0.511. The summed E-state index contributed by atoms with van der Waals surface area (Å²) in [5.74, 6) is -15.3. The number of carbonyl (C=O) groups excluding carboxylic acids is 14. The lowest BCUT2D eigenvalue weighted by Gasteiger charge is -2.39. The molecule has 21 N–H and O–H groups in total. The average Bonchev–Trinajstić information content (AvgIpc) is 1.73. The molecule has 2 aliphatic heterocycles. The molecule has 2 unspecified atom stereocenters. The number of ether oxygens (including phenoxy) is 1. The van der Waals surface area contributed by atoms with Crippen LogP contribution in [0.1, 0.15) is 170 Å². The van der Waals surface area contributed by atoms with E-state index >= 15 is 28.8 Å². The summed E-state index contributed by atoms with van der Waals surface area (Å²) in [5.41, 5.74) is 18.4. The number of para-hydroxylation sites is 1. The summed E-state index contributed by atoms with van der Waals surface area (Å²) in [6, 6.07) is 11.8. The zero-order chi connectivity index (χ0) is 97.2. The summed E-state index contributed by atoms with van der Waals surface area (Å²) in [4.78, 5) is 221. The molecule has 45 heteroatoms. The van der Waals surface area contributed by atoms with Gasteiger partial charge >= 0.3 is 0 Å². The number of nitrogens with one attached hydrogen (secondary N) is 14. The molecule has 4 aromatic carbocycles. The molecule has 44 nitrogen and oxygen atoms in total. The van der Waals surface area contributed by atoms with Crippen LogP contribution in [0.25, 0.3) is 21.7 Å². The van der Waals surface area contributed by atoms with Gasteiger partial charge in [0, 0.05) is 99.5 Å². The lowest BCUT2D eigenvalue weighted by atomic mass is 9.86. The first-order valence-electron chi connectivity index (χ1n) is 45.3. The highest BCUT2D eigenvalue weighted by molar-refractivity contribution is 8.00. The number of fused-ring (bicyclic) bond motifs is 12. The van der Waals surface area contributed by atoms with Gasteiger partial charge in [0.15, 0.2) is 23.4 Å². The van der Waals surface area contributed by atoms with Gasteiger partial charge in [0.1, 0.15) is 54.1 Å². The van der Waals surface area contributed by atoms with Crippen LogP contribution in [-0.2, 0) is 97.5 Å². The standard InChI is InChI=1S/C90H122N28O16S/c1-8-9-32-70-86(131)102-62(31-19-34-96-89(93)94)82(127)108-72-47-135-48-76(123)100-64(37-52-21-11-10-12-22-52)78-109-111-113-117(78)51(4)80(125)103-63(41-73(91)120)77(124)59-28-18-29-60(59)81(126)105-67(40-56-43-95-49-98-56)84(129)106-68(36-50(2)3)87(132)115(6)45-75(122)101-66(39-55-42-97-61-30-16-15-27-58(55)61)83(128)107-69(46-119)85(130)104-65(38-54-25-17-24-53-23-13-14-26-57(53)54)79-110-112-114-118(79)71(88(133)116(70)7)33-20-35-134-90(72,5)99-44-74(92)121/h10-17,21-27,30,42-43,49-51,59-60,62-72,97,99,119H,8-9,18-20,28-29,31-41,44-48H2,1-7H3,(H2,91,120)(H2,92,121)(H,95,98)(H,100,123)(H,101,122)(H,102,131)(H,103,125)(H,104,130)(H,105,126)(H,106,129)(H,107,128)(H,108,127)(H4,93,94,96)/t51-,59?,60+,62-,63-,64-,65-,66-,67-,68-,69-,70-,71-,72-,90?/m0/s1. The average molecular weight is 1880 g/mol. The molecule has 0 spiro atoms. The van der Waals surface area contributed by atoms with Crippen molar-refractivity contribution in [2.24, 2.45) is 35.0 Å². The fourth-order valence-electron chi connectivity index (χ4n) is 17.3. The van der Waals surface area contributed by atoms with Crippen LogP contribution in [0.3, 0.4) is 0 Å². The third kappa shape index (κ3) is 27.5. The second-order valence-electron chi connectivity index (χ2n) is 34.9. The Labute approximate surface area is 782 Å². The van der Waals surface area contributed by atoms with E-state index in [0.29, 0.717) is 52.5 Å². The van der Waals surface area contributed by atoms with Crippen molar-refractivity contribution >= 4 is 122 Å². The van der Waals surface area contributed by atoms with Crippen molar-refractivity contribution in [3.8, 4) is 0 Å². The molecular weight excluding hydrogens is 1760 g/mol. The number of tetrazole rings is 2. The molecule has 135 heavy (non-hydrogen) atoms. The van der Waals surface area contributed by atoms with Gasteiger partial charge in [0.25, 0.3) is 0 Å². The van der Waals surface area contributed by atoms with Crippen LogP contribution in [0.2, 0.25) is 0 Å². The van der Waals surface area contributed by atoms with Crippen LogP contribution in [-0.4, -0.2) is 271 Å². The minimum atomic E-state index is -1.83. The van der Waals surface area contributed by atoms with Crippen LogP contribution in [0, 0.1) is 23.2 Å². The Morgan fingerprint density at radius 1 is 0.615 bits per heavy atom. The van der Waals surface area contributed by atoms with Crippen LogP contribution in [0.5, 0.6) is 0 Å². The number of nitrogens with zero attached hydrogens (tertiary/aromatic N) is 11. The zero-order valence-corrected chi connectivity index (χ0v) is 77.3. The third-order valence-electron chi connectivity index (χ3n) is 24.5. The first-order valence-corrected chi connectivity index (χ1v) is 46.4. The second kappa shape index (κ2) is 48.3. The zero-order valence-electron chi connectivity index (χ0n) is 76.5. The second-order valence-corrected chi connectivity index (χ2v) is 36.0. The molecule has 11 rings (SSSR count). The Kier molecular flexibility index (Phi) is 36.4. The Bertz CT molecular complexity index is 5500. The van der Waals surface area contributed by atoms with E-state index in [1.165, 1.54) is 50.0 Å². The lowest BCUT2D eigenvalue weighted by Crippen LogP contribution is -2.65. The number of aromatic amines is 2. The van der Waals surface area contributed by atoms with Crippen LogP contribution in [0.15, 0.2) is 116 Å². The van der Waals surface area contributed by atoms with Crippen molar-refractivity contribution in [1.29, 1.82) is 5.41 Å². The number of thioether (sulfide) groups is 1. The number of aliphatic hydroxyl groups is 1. The fourth-order valence-corrected chi connectivity index (χ4v) is 18.3. The van der Waals surface area contributed by atoms with Gasteiger partial charge in [-0.3, -0.25) is 77.8 Å². The normalized spacial score (nSPS) is 25.1. The largest absolute Gasteiger partial charge is 0.394 e. The highest BCUT2D eigenvalue weighted by Gasteiger charge is 2.46. The minimum absolute atomic E-state index is 0.00171. The molecule has 4 aromatic heterocycles. The number of guanidine groups is 1. The third-order valence-corrected chi connectivity index (χ3v) is 25.5. The molecule has 2 bridgehead atoms. The number of ketones is 1. The number of imidazole rings is 1. The van der Waals surface area contributed by atoms with E-state index < -0.39 is 199 Å². The van der Waals surface area contributed by atoms with Gasteiger partial charge in [-0.2, -0.15) is 0 Å². The number of nitrogens with two attached hydrogens (primary N) is 3. The number of amides is 13. The highest BCUT2D eigenvalue weighted by Crippen LogP contribution is 2.36. The number of Topliss-reactive ketones (excluding diaryl/α,β-unsaturated/α-hetero) is 1. The molecule has 8 aromatic rings. The van der Waals surface area contributed by atoms with Crippen molar-refractivity contribution in [1.82, 2.24) is 124 Å². The smallest absolute Gasteiger partial charge is 0.248 e. The summed E-state index contributed by atoms with van der Waals surface area (Å²) in [5, 5.41) is 78.5. The van der Waals surface area contributed by atoms with E-state index in [0.717, 1.165) is 32.1 Å². The van der Waals surface area contributed by atoms with Gasteiger partial charge in [-0.1, -0.05) is 131 Å². The van der Waals surface area contributed by atoms with Gasteiger partial charge in [0.05, 0.1) is 62.4 Å². The van der Waals surface area contributed by atoms with Crippen LogP contribution >= 0.6 is 11.8 Å². The van der Waals surface area contributed by atoms with E-state index in [-0.39, 0.29) is 125 Å². The number of likely N-dealkylation sites (N-methyl/N-ethyl adjacent to an activating group) is 2. The number of benzene rings is 4. The number of primary amides is 2. The number of carbonyl (C=O) groups is 14. The Morgan fingerprint density at radius 3 is 1.94 bits per heavy atom. The number of H-pyrrole nitrogens is 2. The maximum absolute atomic E-state index is 16.1. The van der Waals surface area contributed by atoms with E-state index in [2.05, 4.69) is 104 Å².